The van der Waals surface area contributed by atoms with Crippen molar-refractivity contribution in [1.82, 2.24) is 0 Å². The van der Waals surface area contributed by atoms with Crippen LogP contribution in [0.3, 0.4) is 0 Å². The zero-order chi connectivity index (χ0) is 13.3. The number of carbonyl (C=O) groups excluding carboxylic acids is 2. The van der Waals surface area contributed by atoms with Gasteiger partial charge in [0.1, 0.15) is 0 Å². The first-order valence-electron chi connectivity index (χ1n) is 5.37. The molecular formula is C12H12FNO4. The first-order valence-corrected chi connectivity index (χ1v) is 5.37. The van der Waals surface area contributed by atoms with Crippen molar-refractivity contribution in [2.75, 3.05) is 25.2 Å². The number of ether oxygens (including phenoxy) is 1. The van der Waals surface area contributed by atoms with Gasteiger partial charge in [0, 0.05) is 12.1 Å². The molecule has 1 aliphatic rings. The molecule has 96 valence electrons. The van der Waals surface area contributed by atoms with E-state index in [0.717, 1.165) is 12.0 Å². The molecule has 1 aliphatic heterocycles. The van der Waals surface area contributed by atoms with Gasteiger partial charge in [0.15, 0.2) is 0 Å². The largest absolute Gasteiger partial charge is 0.466 e. The molecule has 1 atom stereocenters. The summed E-state index contributed by atoms with van der Waals surface area (Å²) < 4.78 is 19.1. The van der Waals surface area contributed by atoms with Gasteiger partial charge < -0.3 is 14.7 Å². The maximum Gasteiger partial charge on any atom is 0.358 e. The number of alkyl halides is 1. The second-order valence-electron chi connectivity index (χ2n) is 3.85. The Bertz CT molecular complexity index is 505. The number of aliphatic hydroxyl groups is 1. The fourth-order valence-electron chi connectivity index (χ4n) is 2.07. The quantitative estimate of drug-likeness (QED) is 0.624. The summed E-state index contributed by atoms with van der Waals surface area (Å²) >= 11 is 0. The minimum Gasteiger partial charge on any atom is -0.466 e. The predicted molar refractivity (Wildman–Crippen MR) is 60.7 cm³/mol. The van der Waals surface area contributed by atoms with E-state index in [2.05, 4.69) is 4.74 Å². The fraction of sp³-hybridized carbons (Fsp3) is 0.333. The van der Waals surface area contributed by atoms with E-state index in [1.165, 1.54) is 18.2 Å². The Labute approximate surface area is 103 Å². The van der Waals surface area contributed by atoms with Crippen molar-refractivity contribution in [3.63, 3.8) is 0 Å². The van der Waals surface area contributed by atoms with E-state index < -0.39 is 17.5 Å². The second-order valence-corrected chi connectivity index (χ2v) is 3.85. The molecule has 1 amide bonds. The summed E-state index contributed by atoms with van der Waals surface area (Å²) in [6.07, 6.45) is 0. The zero-order valence-corrected chi connectivity index (χ0v) is 9.72. The molecule has 5 nitrogen and oxygen atoms in total. The van der Waals surface area contributed by atoms with Crippen molar-refractivity contribution in [3.8, 4) is 0 Å². The Morgan fingerprint density at radius 2 is 2.17 bits per heavy atom. The average Bonchev–Trinajstić information content (AvgIpc) is 2.62. The molecule has 0 saturated heterocycles. The Hall–Kier alpha value is -1.95. The zero-order valence-electron chi connectivity index (χ0n) is 9.72. The molecule has 0 spiro atoms. The lowest BCUT2D eigenvalue weighted by atomic mass is 9.98. The number of fused-ring (bicyclic) bond motifs is 1. The third kappa shape index (κ3) is 1.49. The lowest BCUT2D eigenvalue weighted by Crippen LogP contribution is -2.44. The molecule has 1 unspecified atom stereocenters. The lowest BCUT2D eigenvalue weighted by Gasteiger charge is -2.18. The van der Waals surface area contributed by atoms with E-state index in [1.807, 2.05) is 0 Å². The molecule has 6 heteroatoms. The number of carbonyl (C=O) groups is 2. The maximum atomic E-state index is 14.7. The van der Waals surface area contributed by atoms with Gasteiger partial charge in [-0.15, -0.1) is 0 Å². The van der Waals surface area contributed by atoms with E-state index in [-0.39, 0.29) is 24.4 Å². The molecule has 1 aromatic carbocycles. The maximum absolute atomic E-state index is 14.7. The highest BCUT2D eigenvalue weighted by Crippen LogP contribution is 2.43. The minimum atomic E-state index is -2.82. The molecular weight excluding hydrogens is 241 g/mol. The molecule has 1 N–H and O–H groups in total. The topological polar surface area (TPSA) is 66.8 Å². The van der Waals surface area contributed by atoms with Crippen LogP contribution < -0.4 is 4.90 Å². The first-order chi connectivity index (χ1) is 8.57. The van der Waals surface area contributed by atoms with Crippen LogP contribution in [0, 0.1) is 0 Å². The van der Waals surface area contributed by atoms with Gasteiger partial charge in [0.2, 0.25) is 0 Å². The number of halogens is 1. The number of rotatable bonds is 3. The number of hydrogen-bond acceptors (Lipinski definition) is 4. The van der Waals surface area contributed by atoms with Crippen LogP contribution in [0.2, 0.25) is 0 Å². The molecule has 2 rings (SSSR count). The van der Waals surface area contributed by atoms with Crippen LogP contribution in [0.1, 0.15) is 5.56 Å². The van der Waals surface area contributed by atoms with E-state index >= 15 is 0 Å². The third-order valence-electron chi connectivity index (χ3n) is 2.90. The second kappa shape index (κ2) is 4.38. The van der Waals surface area contributed by atoms with Crippen molar-refractivity contribution in [3.05, 3.63) is 29.8 Å². The van der Waals surface area contributed by atoms with Crippen LogP contribution >= 0.6 is 0 Å². The summed E-state index contributed by atoms with van der Waals surface area (Å²) in [7, 11) is 1.02. The van der Waals surface area contributed by atoms with Crippen LogP contribution in [0.5, 0.6) is 0 Å². The molecule has 0 fully saturated rings. The number of hydrogen-bond donors (Lipinski definition) is 1. The van der Waals surface area contributed by atoms with Crippen molar-refractivity contribution in [1.29, 1.82) is 0 Å². The molecule has 18 heavy (non-hydrogen) atoms. The third-order valence-corrected chi connectivity index (χ3v) is 2.90. The number of para-hydroxylation sites is 1. The van der Waals surface area contributed by atoms with Gasteiger partial charge in [-0.05, 0) is 6.07 Å². The van der Waals surface area contributed by atoms with Crippen molar-refractivity contribution in [2.45, 2.75) is 5.67 Å². The number of amides is 1. The molecule has 0 radical (unpaired) electrons. The van der Waals surface area contributed by atoms with Gasteiger partial charge in [-0.25, -0.2) is 9.18 Å². The Balaban J connectivity index is 2.58. The number of anilines is 1. The Morgan fingerprint density at radius 1 is 1.50 bits per heavy atom. The van der Waals surface area contributed by atoms with Crippen molar-refractivity contribution in [2.24, 2.45) is 0 Å². The van der Waals surface area contributed by atoms with Crippen LogP contribution in [0.15, 0.2) is 24.3 Å². The number of esters is 1. The standard InChI is InChI=1S/C12H12FNO4/c1-18-11(17)12(13)8-4-2-3-5-9(8)14(6-7-15)10(12)16/h2-5,15H,6-7H2,1H3. The summed E-state index contributed by atoms with van der Waals surface area (Å²) in [5.74, 6) is -2.27. The van der Waals surface area contributed by atoms with E-state index in [9.17, 15) is 14.0 Å². The molecule has 1 aromatic rings. The van der Waals surface area contributed by atoms with E-state index in [4.69, 9.17) is 5.11 Å². The smallest absolute Gasteiger partial charge is 0.358 e. The van der Waals surface area contributed by atoms with Crippen molar-refractivity contribution >= 4 is 17.6 Å². The van der Waals surface area contributed by atoms with Crippen LogP contribution in [0.4, 0.5) is 10.1 Å². The fourth-order valence-corrected chi connectivity index (χ4v) is 2.07. The summed E-state index contributed by atoms with van der Waals surface area (Å²) in [6, 6.07) is 6.04. The number of aliphatic hydroxyl groups excluding tert-OH is 1. The molecule has 0 aromatic heterocycles. The Kier molecular flexibility index (Phi) is 3.04. The van der Waals surface area contributed by atoms with E-state index in [0.29, 0.717) is 0 Å². The molecule has 0 bridgehead atoms. The normalized spacial score (nSPS) is 21.9. The van der Waals surface area contributed by atoms with Gasteiger partial charge in [-0.1, -0.05) is 18.2 Å². The van der Waals surface area contributed by atoms with Gasteiger partial charge in [-0.2, -0.15) is 0 Å². The number of β-amino-alcohol motifs (C(OH)–C–C–N with tert-alkyl or cyclic N) is 1. The molecule has 0 saturated carbocycles. The highest BCUT2D eigenvalue weighted by Gasteiger charge is 2.58. The molecule has 0 aliphatic carbocycles. The number of nitrogens with zero attached hydrogens (tertiary/aromatic N) is 1. The lowest BCUT2D eigenvalue weighted by molar-refractivity contribution is -0.160. The van der Waals surface area contributed by atoms with Crippen LogP contribution in [-0.2, 0) is 20.0 Å². The monoisotopic (exact) mass is 253 g/mol. The van der Waals surface area contributed by atoms with Crippen LogP contribution in [-0.4, -0.2) is 37.2 Å². The minimum absolute atomic E-state index is 0.0460. The summed E-state index contributed by atoms with van der Waals surface area (Å²) in [6.45, 7) is -0.393. The predicted octanol–water partition coefficient (Wildman–Crippen LogP) is 0.363. The van der Waals surface area contributed by atoms with Gasteiger partial charge >= 0.3 is 11.6 Å². The SMILES string of the molecule is COC(=O)C1(F)C(=O)N(CCO)c2ccccc21. The van der Waals surface area contributed by atoms with Crippen LogP contribution in [0.25, 0.3) is 0 Å². The highest BCUT2D eigenvalue weighted by molar-refractivity contribution is 6.18. The summed E-state index contributed by atoms with van der Waals surface area (Å²) in [5, 5.41) is 8.90. The van der Waals surface area contributed by atoms with Gasteiger partial charge in [0.25, 0.3) is 5.91 Å². The first kappa shape index (κ1) is 12.5. The summed E-state index contributed by atoms with van der Waals surface area (Å²) in [4.78, 5) is 24.6. The highest BCUT2D eigenvalue weighted by atomic mass is 19.1. The summed E-state index contributed by atoms with van der Waals surface area (Å²) in [5.41, 5.74) is -2.58. The van der Waals surface area contributed by atoms with Gasteiger partial charge in [-0.3, -0.25) is 4.79 Å². The molecule has 1 heterocycles. The number of methoxy groups -OCH3 is 1. The van der Waals surface area contributed by atoms with Gasteiger partial charge in [0.05, 0.1) is 19.4 Å². The van der Waals surface area contributed by atoms with E-state index in [1.54, 1.807) is 6.07 Å². The number of benzene rings is 1. The van der Waals surface area contributed by atoms with Crippen molar-refractivity contribution < 1.29 is 23.8 Å². The Morgan fingerprint density at radius 3 is 2.78 bits per heavy atom. The average molecular weight is 253 g/mol.